The van der Waals surface area contributed by atoms with Gasteiger partial charge in [-0.1, -0.05) is 22.0 Å². The number of carbonyl (C=O) groups is 1. The Morgan fingerprint density at radius 2 is 2.00 bits per heavy atom. The number of amides is 1. The van der Waals surface area contributed by atoms with E-state index in [0.717, 1.165) is 21.1 Å². The molecule has 2 heterocycles. The Kier molecular flexibility index (Phi) is 3.52. The maximum atomic E-state index is 12.0. The van der Waals surface area contributed by atoms with E-state index in [-0.39, 0.29) is 12.5 Å². The van der Waals surface area contributed by atoms with Gasteiger partial charge in [0.2, 0.25) is 5.91 Å². The van der Waals surface area contributed by atoms with E-state index in [2.05, 4.69) is 26.2 Å². The van der Waals surface area contributed by atoms with Crippen LogP contribution < -0.4 is 5.32 Å². The monoisotopic (exact) mass is 329 g/mol. The molecule has 0 bridgehead atoms. The third kappa shape index (κ3) is 2.58. The van der Waals surface area contributed by atoms with Crippen LogP contribution in [-0.2, 0) is 11.3 Å². The molecule has 100 valence electrons. The van der Waals surface area contributed by atoms with Crippen LogP contribution in [0.25, 0.3) is 10.9 Å². The minimum atomic E-state index is -0.0614. The van der Waals surface area contributed by atoms with Gasteiger partial charge in [0, 0.05) is 39.7 Å². The van der Waals surface area contributed by atoms with Crippen LogP contribution in [0.1, 0.15) is 0 Å². The number of benzene rings is 1. The molecule has 1 amide bonds. The number of fused-ring (bicyclic) bond motifs is 1. The summed E-state index contributed by atoms with van der Waals surface area (Å²) in [5, 5.41) is 3.95. The van der Waals surface area contributed by atoms with Crippen molar-refractivity contribution in [2.45, 2.75) is 6.54 Å². The fourth-order valence-electron chi connectivity index (χ4n) is 2.11. The SMILES string of the molecule is O=C(Cn1ccc2c(Br)cccc21)Nc1ccncc1. The van der Waals surface area contributed by atoms with Crippen molar-refractivity contribution in [3.8, 4) is 0 Å². The highest BCUT2D eigenvalue weighted by atomic mass is 79.9. The van der Waals surface area contributed by atoms with E-state index in [1.807, 2.05) is 35.0 Å². The standard InChI is InChI=1S/C15H12BrN3O/c16-13-2-1-3-14-12(13)6-9-19(14)10-15(20)18-11-4-7-17-8-5-11/h1-9H,10H2,(H,17,18,20). The smallest absolute Gasteiger partial charge is 0.244 e. The quantitative estimate of drug-likeness (QED) is 0.800. The van der Waals surface area contributed by atoms with Crippen molar-refractivity contribution in [2.75, 3.05) is 5.32 Å². The predicted molar refractivity (Wildman–Crippen MR) is 82.5 cm³/mol. The molecule has 0 radical (unpaired) electrons. The van der Waals surface area contributed by atoms with Crippen LogP contribution in [0.4, 0.5) is 5.69 Å². The van der Waals surface area contributed by atoms with E-state index in [1.54, 1.807) is 24.5 Å². The average molecular weight is 330 g/mol. The molecule has 0 atom stereocenters. The molecule has 2 aromatic heterocycles. The van der Waals surface area contributed by atoms with Crippen LogP contribution in [0.5, 0.6) is 0 Å². The van der Waals surface area contributed by atoms with Gasteiger partial charge in [0.05, 0.1) is 0 Å². The predicted octanol–water partition coefficient (Wildman–Crippen LogP) is 3.44. The fraction of sp³-hybridized carbons (Fsp3) is 0.0667. The largest absolute Gasteiger partial charge is 0.338 e. The van der Waals surface area contributed by atoms with Crippen LogP contribution in [0.3, 0.4) is 0 Å². The van der Waals surface area contributed by atoms with Crippen LogP contribution >= 0.6 is 15.9 Å². The Hall–Kier alpha value is -2.14. The van der Waals surface area contributed by atoms with Gasteiger partial charge >= 0.3 is 0 Å². The lowest BCUT2D eigenvalue weighted by Gasteiger charge is -2.07. The summed E-state index contributed by atoms with van der Waals surface area (Å²) < 4.78 is 2.96. The number of halogens is 1. The number of hydrogen-bond donors (Lipinski definition) is 1. The highest BCUT2D eigenvalue weighted by molar-refractivity contribution is 9.10. The van der Waals surface area contributed by atoms with Crippen molar-refractivity contribution in [1.82, 2.24) is 9.55 Å². The van der Waals surface area contributed by atoms with Gasteiger partial charge < -0.3 is 9.88 Å². The third-order valence-corrected chi connectivity index (χ3v) is 3.73. The summed E-state index contributed by atoms with van der Waals surface area (Å²) in [7, 11) is 0. The summed E-state index contributed by atoms with van der Waals surface area (Å²) in [6, 6.07) is 11.5. The van der Waals surface area contributed by atoms with E-state index in [1.165, 1.54) is 0 Å². The van der Waals surface area contributed by atoms with Gasteiger partial charge in [-0.15, -0.1) is 0 Å². The number of nitrogens with one attached hydrogen (secondary N) is 1. The normalized spacial score (nSPS) is 10.7. The van der Waals surface area contributed by atoms with Crippen LogP contribution in [0, 0.1) is 0 Å². The molecule has 0 unspecified atom stereocenters. The van der Waals surface area contributed by atoms with E-state index in [0.29, 0.717) is 0 Å². The van der Waals surface area contributed by atoms with Gasteiger partial charge in [0.25, 0.3) is 0 Å². The summed E-state index contributed by atoms with van der Waals surface area (Å²) in [6.45, 7) is 0.280. The molecule has 0 saturated heterocycles. The molecule has 4 nitrogen and oxygen atoms in total. The zero-order valence-corrected chi connectivity index (χ0v) is 12.2. The Morgan fingerprint density at radius 1 is 1.20 bits per heavy atom. The van der Waals surface area contributed by atoms with Crippen molar-refractivity contribution in [3.05, 3.63) is 59.5 Å². The molecule has 0 aliphatic rings. The summed E-state index contributed by atoms with van der Waals surface area (Å²) >= 11 is 3.51. The molecular formula is C15H12BrN3O. The first kappa shape index (κ1) is 12.9. The second-order valence-corrected chi connectivity index (χ2v) is 5.25. The summed E-state index contributed by atoms with van der Waals surface area (Å²) in [5.74, 6) is -0.0614. The van der Waals surface area contributed by atoms with Crippen LogP contribution in [-0.4, -0.2) is 15.5 Å². The summed E-state index contributed by atoms with van der Waals surface area (Å²) in [5.41, 5.74) is 1.78. The Labute approximate surface area is 124 Å². The van der Waals surface area contributed by atoms with Crippen LogP contribution in [0.15, 0.2) is 59.5 Å². The van der Waals surface area contributed by atoms with E-state index in [4.69, 9.17) is 0 Å². The number of rotatable bonds is 3. The maximum Gasteiger partial charge on any atom is 0.244 e. The number of nitrogens with zero attached hydrogens (tertiary/aromatic N) is 2. The van der Waals surface area contributed by atoms with E-state index in [9.17, 15) is 4.79 Å². The molecule has 0 spiro atoms. The molecule has 20 heavy (non-hydrogen) atoms. The first-order valence-corrected chi connectivity index (χ1v) is 6.96. The lowest BCUT2D eigenvalue weighted by atomic mass is 10.2. The average Bonchev–Trinajstić information content (AvgIpc) is 2.84. The van der Waals surface area contributed by atoms with Crippen molar-refractivity contribution in [1.29, 1.82) is 0 Å². The first-order chi connectivity index (χ1) is 9.74. The lowest BCUT2D eigenvalue weighted by Crippen LogP contribution is -2.18. The van der Waals surface area contributed by atoms with Crippen molar-refractivity contribution in [3.63, 3.8) is 0 Å². The summed E-state index contributed by atoms with van der Waals surface area (Å²) in [6.07, 6.45) is 5.22. The first-order valence-electron chi connectivity index (χ1n) is 6.17. The number of hydrogen-bond acceptors (Lipinski definition) is 2. The topological polar surface area (TPSA) is 46.9 Å². The minimum Gasteiger partial charge on any atom is -0.338 e. The fourth-order valence-corrected chi connectivity index (χ4v) is 2.60. The molecule has 1 aromatic carbocycles. The zero-order chi connectivity index (χ0) is 13.9. The number of carbonyl (C=O) groups excluding carboxylic acids is 1. The molecule has 0 fully saturated rings. The second-order valence-electron chi connectivity index (χ2n) is 4.40. The maximum absolute atomic E-state index is 12.0. The van der Waals surface area contributed by atoms with Crippen molar-refractivity contribution in [2.24, 2.45) is 0 Å². The molecule has 0 aliphatic carbocycles. The molecule has 0 aliphatic heterocycles. The molecule has 0 saturated carbocycles. The molecule has 3 aromatic rings. The molecule has 1 N–H and O–H groups in total. The highest BCUT2D eigenvalue weighted by Crippen LogP contribution is 2.24. The second kappa shape index (κ2) is 5.46. The van der Waals surface area contributed by atoms with Gasteiger partial charge in [0.15, 0.2) is 0 Å². The van der Waals surface area contributed by atoms with Crippen molar-refractivity contribution < 1.29 is 4.79 Å². The molecular weight excluding hydrogens is 318 g/mol. The third-order valence-electron chi connectivity index (χ3n) is 3.04. The number of aromatic nitrogens is 2. The Balaban J connectivity index is 1.80. The molecule has 5 heteroatoms. The number of pyridine rings is 1. The van der Waals surface area contributed by atoms with Gasteiger partial charge in [-0.05, 0) is 30.3 Å². The Morgan fingerprint density at radius 3 is 2.80 bits per heavy atom. The van der Waals surface area contributed by atoms with Gasteiger partial charge in [-0.3, -0.25) is 9.78 Å². The molecule has 3 rings (SSSR count). The van der Waals surface area contributed by atoms with Crippen LogP contribution in [0.2, 0.25) is 0 Å². The highest BCUT2D eigenvalue weighted by Gasteiger charge is 2.08. The minimum absolute atomic E-state index is 0.0614. The van der Waals surface area contributed by atoms with Crippen molar-refractivity contribution >= 4 is 38.4 Å². The summed E-state index contributed by atoms with van der Waals surface area (Å²) in [4.78, 5) is 16.0. The van der Waals surface area contributed by atoms with Gasteiger partial charge in [0.1, 0.15) is 6.54 Å². The van der Waals surface area contributed by atoms with Gasteiger partial charge in [-0.2, -0.15) is 0 Å². The number of anilines is 1. The van der Waals surface area contributed by atoms with Gasteiger partial charge in [-0.25, -0.2) is 0 Å². The lowest BCUT2D eigenvalue weighted by molar-refractivity contribution is -0.116. The Bertz CT molecular complexity index is 752. The zero-order valence-electron chi connectivity index (χ0n) is 10.6. The van der Waals surface area contributed by atoms with E-state index < -0.39 is 0 Å². The van der Waals surface area contributed by atoms with E-state index >= 15 is 0 Å².